The van der Waals surface area contributed by atoms with Crippen LogP contribution >= 0.6 is 0 Å². The summed E-state index contributed by atoms with van der Waals surface area (Å²) in [5.74, 6) is 0.994. The van der Waals surface area contributed by atoms with E-state index in [9.17, 15) is 4.79 Å². The summed E-state index contributed by atoms with van der Waals surface area (Å²) in [7, 11) is 0. The Bertz CT molecular complexity index is 288. The van der Waals surface area contributed by atoms with Gasteiger partial charge in [-0.2, -0.15) is 0 Å². The molecule has 0 saturated carbocycles. The van der Waals surface area contributed by atoms with Crippen LogP contribution in [0.15, 0.2) is 0 Å². The summed E-state index contributed by atoms with van der Waals surface area (Å²) in [5, 5.41) is 3.54. The van der Waals surface area contributed by atoms with Crippen molar-refractivity contribution in [2.45, 2.75) is 50.7 Å². The van der Waals surface area contributed by atoms with Gasteiger partial charge in [-0.05, 0) is 44.6 Å². The highest BCUT2D eigenvalue weighted by Gasteiger charge is 2.36. The Balaban J connectivity index is 1.50. The van der Waals surface area contributed by atoms with Gasteiger partial charge in [0.25, 0.3) is 0 Å². The first-order valence-corrected chi connectivity index (χ1v) is 7.45. The van der Waals surface area contributed by atoms with Crippen LogP contribution in [0, 0.1) is 5.92 Å². The van der Waals surface area contributed by atoms with Crippen LogP contribution in [0.25, 0.3) is 0 Å². The fraction of sp³-hybridized carbons (Fsp3) is 0.929. The fourth-order valence-electron chi connectivity index (χ4n) is 3.54. The van der Waals surface area contributed by atoms with E-state index in [1.54, 1.807) is 0 Å². The molecule has 4 nitrogen and oxygen atoms in total. The van der Waals surface area contributed by atoms with Crippen LogP contribution in [-0.2, 0) is 9.53 Å². The lowest BCUT2D eigenvalue weighted by molar-refractivity contribution is -0.134. The van der Waals surface area contributed by atoms with Crippen molar-refractivity contribution < 1.29 is 9.53 Å². The molecule has 3 atom stereocenters. The molecule has 0 spiro atoms. The quantitative estimate of drug-likeness (QED) is 0.802. The van der Waals surface area contributed by atoms with E-state index < -0.39 is 0 Å². The Morgan fingerprint density at radius 1 is 1.22 bits per heavy atom. The number of ether oxygens (including phenoxy) is 1. The molecule has 0 aliphatic carbocycles. The molecule has 3 rings (SSSR count). The highest BCUT2D eigenvalue weighted by molar-refractivity contribution is 5.77. The van der Waals surface area contributed by atoms with E-state index in [-0.39, 0.29) is 6.10 Å². The molecule has 3 aliphatic heterocycles. The summed E-state index contributed by atoms with van der Waals surface area (Å²) >= 11 is 0. The minimum Gasteiger partial charge on any atom is -0.378 e. The van der Waals surface area contributed by atoms with Crippen LogP contribution in [0.4, 0.5) is 0 Å². The van der Waals surface area contributed by atoms with Crippen LogP contribution in [0.1, 0.15) is 38.5 Å². The van der Waals surface area contributed by atoms with Gasteiger partial charge in [0.2, 0.25) is 5.91 Å². The number of nitrogens with one attached hydrogen (secondary N) is 1. The number of fused-ring (bicyclic) bond motifs is 1. The number of nitrogens with zero attached hydrogens (tertiary/aromatic N) is 1. The highest BCUT2D eigenvalue weighted by Crippen LogP contribution is 2.26. The fourth-order valence-corrected chi connectivity index (χ4v) is 3.54. The van der Waals surface area contributed by atoms with Gasteiger partial charge in [0, 0.05) is 25.7 Å². The maximum Gasteiger partial charge on any atom is 0.225 e. The number of hydrogen-bond donors (Lipinski definition) is 1. The summed E-state index contributed by atoms with van der Waals surface area (Å²) in [6, 6.07) is 0.551. The van der Waals surface area contributed by atoms with Gasteiger partial charge in [-0.1, -0.05) is 0 Å². The maximum atomic E-state index is 12.3. The van der Waals surface area contributed by atoms with E-state index >= 15 is 0 Å². The second-order valence-corrected chi connectivity index (χ2v) is 5.95. The van der Waals surface area contributed by atoms with Crippen LogP contribution in [0.2, 0.25) is 0 Å². The van der Waals surface area contributed by atoms with Crippen molar-refractivity contribution in [3.05, 3.63) is 0 Å². The van der Waals surface area contributed by atoms with Gasteiger partial charge in [-0.25, -0.2) is 0 Å². The van der Waals surface area contributed by atoms with Crippen LogP contribution in [0.3, 0.4) is 0 Å². The average Bonchev–Trinajstić information content (AvgIpc) is 2.84. The molecule has 0 bridgehead atoms. The van der Waals surface area contributed by atoms with Crippen molar-refractivity contribution in [3.8, 4) is 0 Å². The molecular formula is C14H24N2O2. The molecule has 4 heteroatoms. The molecule has 3 saturated heterocycles. The first-order chi connectivity index (χ1) is 8.83. The Labute approximate surface area is 109 Å². The van der Waals surface area contributed by atoms with Gasteiger partial charge in [0.05, 0.1) is 12.5 Å². The smallest absolute Gasteiger partial charge is 0.225 e. The minimum absolute atomic E-state index is 0.182. The first kappa shape index (κ1) is 12.4. The molecule has 0 radical (unpaired) electrons. The SMILES string of the molecule is O=C(CC1CCCCO1)N1CC2CCCNC2C1. The van der Waals surface area contributed by atoms with Crippen molar-refractivity contribution in [1.82, 2.24) is 10.2 Å². The zero-order valence-electron chi connectivity index (χ0n) is 11.1. The van der Waals surface area contributed by atoms with Crippen molar-refractivity contribution in [2.75, 3.05) is 26.2 Å². The predicted molar refractivity (Wildman–Crippen MR) is 69.3 cm³/mol. The molecule has 3 unspecified atom stereocenters. The van der Waals surface area contributed by atoms with Gasteiger partial charge in [0.1, 0.15) is 0 Å². The third kappa shape index (κ3) is 2.69. The molecule has 3 fully saturated rings. The third-order valence-electron chi connectivity index (χ3n) is 4.63. The summed E-state index contributed by atoms with van der Waals surface area (Å²) in [5.41, 5.74) is 0. The van der Waals surface area contributed by atoms with E-state index in [2.05, 4.69) is 10.2 Å². The van der Waals surface area contributed by atoms with E-state index in [1.165, 1.54) is 19.3 Å². The zero-order valence-corrected chi connectivity index (χ0v) is 11.1. The van der Waals surface area contributed by atoms with Crippen LogP contribution in [0.5, 0.6) is 0 Å². The van der Waals surface area contributed by atoms with Gasteiger partial charge in [0.15, 0.2) is 0 Å². The Morgan fingerprint density at radius 2 is 2.17 bits per heavy atom. The number of rotatable bonds is 2. The standard InChI is InChI=1S/C14H24N2O2/c17-14(8-12-5-1-2-7-18-12)16-9-11-4-3-6-15-13(11)10-16/h11-13,15H,1-10H2. The molecule has 102 valence electrons. The van der Waals surface area contributed by atoms with E-state index in [4.69, 9.17) is 4.74 Å². The van der Waals surface area contributed by atoms with Gasteiger partial charge < -0.3 is 15.0 Å². The van der Waals surface area contributed by atoms with Crippen molar-refractivity contribution in [2.24, 2.45) is 5.92 Å². The lowest BCUT2D eigenvalue weighted by Gasteiger charge is -2.24. The van der Waals surface area contributed by atoms with Gasteiger partial charge >= 0.3 is 0 Å². The molecule has 0 aromatic rings. The molecule has 0 aromatic heterocycles. The Kier molecular flexibility index (Phi) is 3.85. The number of amides is 1. The summed E-state index contributed by atoms with van der Waals surface area (Å²) < 4.78 is 5.66. The van der Waals surface area contributed by atoms with Crippen molar-refractivity contribution >= 4 is 5.91 Å². The number of piperidine rings is 1. The largest absolute Gasteiger partial charge is 0.378 e. The Morgan fingerprint density at radius 3 is 2.94 bits per heavy atom. The maximum absolute atomic E-state index is 12.3. The topological polar surface area (TPSA) is 41.6 Å². The van der Waals surface area contributed by atoms with Crippen molar-refractivity contribution in [1.29, 1.82) is 0 Å². The third-order valence-corrected chi connectivity index (χ3v) is 4.63. The second-order valence-electron chi connectivity index (χ2n) is 5.95. The molecule has 1 amide bonds. The number of hydrogen-bond acceptors (Lipinski definition) is 3. The number of carbonyl (C=O) groups excluding carboxylic acids is 1. The summed E-state index contributed by atoms with van der Waals surface area (Å²) in [4.78, 5) is 14.3. The molecule has 3 aliphatic rings. The highest BCUT2D eigenvalue weighted by atomic mass is 16.5. The number of carbonyl (C=O) groups is 1. The Hall–Kier alpha value is -0.610. The van der Waals surface area contributed by atoms with E-state index in [0.29, 0.717) is 24.3 Å². The van der Waals surface area contributed by atoms with Crippen LogP contribution in [-0.4, -0.2) is 49.2 Å². The summed E-state index contributed by atoms with van der Waals surface area (Å²) in [6.07, 6.45) is 6.75. The normalized spacial score (nSPS) is 36.4. The molecule has 1 N–H and O–H groups in total. The number of likely N-dealkylation sites (tertiary alicyclic amines) is 1. The van der Waals surface area contributed by atoms with Gasteiger partial charge in [-0.15, -0.1) is 0 Å². The summed E-state index contributed by atoms with van der Waals surface area (Å²) in [6.45, 7) is 3.83. The molecular weight excluding hydrogens is 228 g/mol. The van der Waals surface area contributed by atoms with Gasteiger partial charge in [-0.3, -0.25) is 4.79 Å². The molecule has 18 heavy (non-hydrogen) atoms. The lowest BCUT2D eigenvalue weighted by atomic mass is 9.94. The predicted octanol–water partition coefficient (Wildman–Crippen LogP) is 1.16. The first-order valence-electron chi connectivity index (χ1n) is 7.45. The average molecular weight is 252 g/mol. The monoisotopic (exact) mass is 252 g/mol. The zero-order chi connectivity index (χ0) is 12.4. The minimum atomic E-state index is 0.182. The van der Waals surface area contributed by atoms with Crippen molar-refractivity contribution in [3.63, 3.8) is 0 Å². The van der Waals surface area contributed by atoms with Crippen LogP contribution < -0.4 is 5.32 Å². The molecule has 3 heterocycles. The van der Waals surface area contributed by atoms with E-state index in [1.807, 2.05) is 0 Å². The van der Waals surface area contributed by atoms with E-state index in [0.717, 1.165) is 39.1 Å². The lowest BCUT2D eigenvalue weighted by Crippen LogP contribution is -2.41. The second kappa shape index (κ2) is 5.57. The molecule has 0 aromatic carbocycles.